The number of fused-ring (bicyclic) bond motifs is 1. The maximum atomic E-state index is 12.7. The van der Waals surface area contributed by atoms with Gasteiger partial charge in [0, 0.05) is 5.69 Å². The van der Waals surface area contributed by atoms with Crippen molar-refractivity contribution >= 4 is 32.4 Å². The Hall–Kier alpha value is -2.90. The van der Waals surface area contributed by atoms with E-state index in [4.69, 9.17) is 4.74 Å². The van der Waals surface area contributed by atoms with Crippen molar-refractivity contribution < 1.29 is 17.9 Å². The number of ether oxygens (including phenoxy) is 1. The number of methoxy groups -OCH3 is 1. The molecule has 0 aliphatic heterocycles. The van der Waals surface area contributed by atoms with E-state index in [0.717, 1.165) is 10.8 Å². The van der Waals surface area contributed by atoms with E-state index >= 15 is 0 Å². The average molecular weight is 370 g/mol. The van der Waals surface area contributed by atoms with Crippen molar-refractivity contribution in [1.29, 1.82) is 0 Å². The van der Waals surface area contributed by atoms with Gasteiger partial charge < -0.3 is 10.1 Å². The van der Waals surface area contributed by atoms with E-state index in [1.165, 1.54) is 38.4 Å². The van der Waals surface area contributed by atoms with E-state index in [1.807, 2.05) is 30.3 Å². The van der Waals surface area contributed by atoms with Crippen LogP contribution in [0, 0.1) is 0 Å². The van der Waals surface area contributed by atoms with Gasteiger partial charge in [-0.3, -0.25) is 4.79 Å². The Morgan fingerprint density at radius 2 is 1.58 bits per heavy atom. The van der Waals surface area contributed by atoms with Crippen LogP contribution in [0.25, 0.3) is 10.8 Å². The number of benzene rings is 3. The number of carbonyl (C=O) groups is 1. The van der Waals surface area contributed by atoms with Gasteiger partial charge in [-0.2, -0.15) is 0 Å². The molecule has 0 unspecified atom stereocenters. The van der Waals surface area contributed by atoms with Crippen molar-refractivity contribution in [3.63, 3.8) is 0 Å². The average Bonchev–Trinajstić information content (AvgIpc) is 2.67. The van der Waals surface area contributed by atoms with E-state index in [2.05, 4.69) is 10.0 Å². The number of nitrogens with one attached hydrogen (secondary N) is 2. The quantitative estimate of drug-likeness (QED) is 0.723. The number of sulfonamides is 1. The predicted molar refractivity (Wildman–Crippen MR) is 101 cm³/mol. The first-order valence-electron chi connectivity index (χ1n) is 7.86. The van der Waals surface area contributed by atoms with Crippen molar-refractivity contribution in [1.82, 2.24) is 4.72 Å². The molecule has 0 heterocycles. The molecule has 1 amide bonds. The molecule has 0 aliphatic rings. The molecule has 0 bridgehead atoms. The van der Waals surface area contributed by atoms with Crippen LogP contribution < -0.4 is 14.8 Å². The van der Waals surface area contributed by atoms with Gasteiger partial charge in [0.15, 0.2) is 0 Å². The Bertz CT molecular complexity index is 1060. The summed E-state index contributed by atoms with van der Waals surface area (Å²) in [6.45, 7) is 0. The maximum Gasteiger partial charge on any atom is 0.259 e. The van der Waals surface area contributed by atoms with Crippen LogP contribution in [0.1, 0.15) is 10.4 Å². The van der Waals surface area contributed by atoms with E-state index in [-0.39, 0.29) is 10.8 Å². The number of carbonyl (C=O) groups excluding carboxylic acids is 1. The minimum absolute atomic E-state index is 0.126. The largest absolute Gasteiger partial charge is 0.496 e. The summed E-state index contributed by atoms with van der Waals surface area (Å²) in [5.41, 5.74) is 0.887. The second-order valence-electron chi connectivity index (χ2n) is 5.59. The SMILES string of the molecule is CNS(=O)(=O)c1ccc(NC(=O)c2cc3ccccc3cc2OC)cc1. The first kappa shape index (κ1) is 17.9. The molecular weight excluding hydrogens is 352 g/mol. The summed E-state index contributed by atoms with van der Waals surface area (Å²) in [6, 6.07) is 17.2. The van der Waals surface area contributed by atoms with Gasteiger partial charge in [-0.25, -0.2) is 13.1 Å². The molecule has 134 valence electrons. The number of amides is 1. The zero-order valence-corrected chi connectivity index (χ0v) is 15.1. The van der Waals surface area contributed by atoms with Crippen molar-refractivity contribution in [3.05, 3.63) is 66.2 Å². The van der Waals surface area contributed by atoms with Crippen molar-refractivity contribution in [2.75, 3.05) is 19.5 Å². The molecule has 6 nitrogen and oxygen atoms in total. The highest BCUT2D eigenvalue weighted by Gasteiger charge is 2.15. The van der Waals surface area contributed by atoms with Gasteiger partial charge in [-0.15, -0.1) is 0 Å². The highest BCUT2D eigenvalue weighted by Crippen LogP contribution is 2.27. The molecule has 0 fully saturated rings. The third-order valence-corrected chi connectivity index (χ3v) is 5.43. The molecular formula is C19H18N2O4S. The number of rotatable bonds is 5. The summed E-state index contributed by atoms with van der Waals surface area (Å²) in [7, 11) is -0.657. The highest BCUT2D eigenvalue weighted by molar-refractivity contribution is 7.89. The summed E-state index contributed by atoms with van der Waals surface area (Å²) >= 11 is 0. The Balaban J connectivity index is 1.89. The Morgan fingerprint density at radius 1 is 0.962 bits per heavy atom. The van der Waals surface area contributed by atoms with E-state index < -0.39 is 10.0 Å². The molecule has 0 saturated heterocycles. The standard InChI is InChI=1S/C19H18N2O4S/c1-20-26(23,24)16-9-7-15(8-10-16)21-19(22)17-11-13-5-3-4-6-14(13)12-18(17)25-2/h3-12,20H,1-2H3,(H,21,22). The van der Waals surface area contributed by atoms with Crippen LogP contribution in [-0.2, 0) is 10.0 Å². The summed E-state index contributed by atoms with van der Waals surface area (Å²) in [5, 5.41) is 4.66. The summed E-state index contributed by atoms with van der Waals surface area (Å²) in [6.07, 6.45) is 0. The van der Waals surface area contributed by atoms with Crippen LogP contribution in [0.4, 0.5) is 5.69 Å². The third kappa shape index (κ3) is 3.54. The van der Waals surface area contributed by atoms with Gasteiger partial charge in [0.1, 0.15) is 5.75 Å². The highest BCUT2D eigenvalue weighted by atomic mass is 32.2. The van der Waals surface area contributed by atoms with Gasteiger partial charge in [-0.1, -0.05) is 24.3 Å². The lowest BCUT2D eigenvalue weighted by atomic mass is 10.1. The Kier molecular flexibility index (Phi) is 4.92. The van der Waals surface area contributed by atoms with Crippen LogP contribution in [0.15, 0.2) is 65.6 Å². The molecule has 3 rings (SSSR count). The lowest BCUT2D eigenvalue weighted by Gasteiger charge is -2.11. The molecule has 3 aromatic rings. The zero-order chi connectivity index (χ0) is 18.7. The van der Waals surface area contributed by atoms with Gasteiger partial charge in [0.2, 0.25) is 10.0 Å². The minimum atomic E-state index is -3.51. The molecule has 7 heteroatoms. The van der Waals surface area contributed by atoms with Gasteiger partial charge in [0.25, 0.3) is 5.91 Å². The summed E-state index contributed by atoms with van der Waals surface area (Å²) in [4.78, 5) is 12.8. The minimum Gasteiger partial charge on any atom is -0.496 e. The third-order valence-electron chi connectivity index (χ3n) is 4.00. The van der Waals surface area contributed by atoms with Crippen molar-refractivity contribution in [3.8, 4) is 5.75 Å². The molecule has 0 aromatic heterocycles. The van der Waals surface area contributed by atoms with Crippen molar-refractivity contribution in [2.45, 2.75) is 4.90 Å². The second kappa shape index (κ2) is 7.15. The lowest BCUT2D eigenvalue weighted by molar-refractivity contribution is 0.102. The maximum absolute atomic E-state index is 12.7. The van der Waals surface area contributed by atoms with Crippen LogP contribution in [0.2, 0.25) is 0 Å². The van der Waals surface area contributed by atoms with Crippen molar-refractivity contribution in [2.24, 2.45) is 0 Å². The summed E-state index contributed by atoms with van der Waals surface area (Å²) < 4.78 is 31.1. The normalized spacial score (nSPS) is 11.3. The Labute approximate surface area is 151 Å². The van der Waals surface area contributed by atoms with E-state index in [9.17, 15) is 13.2 Å². The van der Waals surface area contributed by atoms with E-state index in [0.29, 0.717) is 17.0 Å². The Morgan fingerprint density at radius 3 is 2.15 bits per heavy atom. The molecule has 0 atom stereocenters. The first-order chi connectivity index (χ1) is 12.4. The first-order valence-corrected chi connectivity index (χ1v) is 9.34. The fraction of sp³-hybridized carbons (Fsp3) is 0.105. The smallest absolute Gasteiger partial charge is 0.259 e. The van der Waals surface area contributed by atoms with E-state index in [1.54, 1.807) is 6.07 Å². The van der Waals surface area contributed by atoms with Crippen LogP contribution in [0.5, 0.6) is 5.75 Å². The molecule has 0 saturated carbocycles. The van der Waals surface area contributed by atoms with Crippen LogP contribution in [0.3, 0.4) is 0 Å². The fourth-order valence-corrected chi connectivity index (χ4v) is 3.33. The topological polar surface area (TPSA) is 84.5 Å². The molecule has 0 radical (unpaired) electrons. The lowest BCUT2D eigenvalue weighted by Crippen LogP contribution is -2.18. The fourth-order valence-electron chi connectivity index (χ4n) is 2.60. The molecule has 0 aliphatic carbocycles. The molecule has 3 aromatic carbocycles. The van der Waals surface area contributed by atoms with Gasteiger partial charge in [-0.05, 0) is 54.2 Å². The molecule has 2 N–H and O–H groups in total. The second-order valence-corrected chi connectivity index (χ2v) is 7.47. The number of hydrogen-bond donors (Lipinski definition) is 2. The van der Waals surface area contributed by atoms with Crippen LogP contribution in [-0.4, -0.2) is 28.5 Å². The number of hydrogen-bond acceptors (Lipinski definition) is 4. The van der Waals surface area contributed by atoms with Gasteiger partial charge >= 0.3 is 0 Å². The molecule has 26 heavy (non-hydrogen) atoms. The monoisotopic (exact) mass is 370 g/mol. The predicted octanol–water partition coefficient (Wildman–Crippen LogP) is 3.01. The molecule has 0 spiro atoms. The zero-order valence-electron chi connectivity index (χ0n) is 14.3. The van der Waals surface area contributed by atoms with Gasteiger partial charge in [0.05, 0.1) is 17.6 Å². The number of anilines is 1. The summed E-state index contributed by atoms with van der Waals surface area (Å²) in [5.74, 6) is 0.132. The van der Waals surface area contributed by atoms with Crippen LogP contribution >= 0.6 is 0 Å².